The van der Waals surface area contributed by atoms with Crippen LogP contribution in [0.5, 0.6) is 0 Å². The highest BCUT2D eigenvalue weighted by molar-refractivity contribution is 5.94. The van der Waals surface area contributed by atoms with Crippen molar-refractivity contribution < 1.29 is 14.3 Å². The van der Waals surface area contributed by atoms with E-state index in [1.54, 1.807) is 20.0 Å². The number of hydrogen-bond acceptors (Lipinski definition) is 3. The third kappa shape index (κ3) is 2.52. The van der Waals surface area contributed by atoms with E-state index in [1.165, 1.54) is 17.0 Å². The number of carbonyl (C=O) groups excluding carboxylic acids is 1. The molecule has 1 aromatic carbocycles. The normalized spacial score (nSPS) is 23.1. The summed E-state index contributed by atoms with van der Waals surface area (Å²) in [5.74, 6) is -0.692. The van der Waals surface area contributed by atoms with Crippen LogP contribution in [-0.4, -0.2) is 48.2 Å². The molecular formula is C13H17FN2O2. The van der Waals surface area contributed by atoms with Gasteiger partial charge in [-0.25, -0.2) is 4.39 Å². The van der Waals surface area contributed by atoms with Crippen LogP contribution in [-0.2, 0) is 0 Å². The van der Waals surface area contributed by atoms with Gasteiger partial charge in [0.1, 0.15) is 5.82 Å². The number of amides is 1. The van der Waals surface area contributed by atoms with E-state index < -0.39 is 11.9 Å². The van der Waals surface area contributed by atoms with E-state index in [0.717, 1.165) is 0 Å². The van der Waals surface area contributed by atoms with Crippen LogP contribution in [0.25, 0.3) is 0 Å². The molecular weight excluding hydrogens is 235 g/mol. The topological polar surface area (TPSA) is 52.6 Å². The van der Waals surface area contributed by atoms with E-state index in [-0.39, 0.29) is 11.9 Å². The lowest BCUT2D eigenvalue weighted by Gasteiger charge is -2.26. The van der Waals surface area contributed by atoms with E-state index in [9.17, 15) is 14.3 Å². The van der Waals surface area contributed by atoms with E-state index in [2.05, 4.69) is 5.32 Å². The highest BCUT2D eigenvalue weighted by Crippen LogP contribution is 2.14. The van der Waals surface area contributed by atoms with Gasteiger partial charge in [0.05, 0.1) is 12.1 Å². The highest BCUT2D eigenvalue weighted by atomic mass is 19.1. The summed E-state index contributed by atoms with van der Waals surface area (Å²) in [5.41, 5.74) is 1.02. The van der Waals surface area contributed by atoms with Crippen molar-refractivity contribution in [3.63, 3.8) is 0 Å². The number of halogens is 1. The lowest BCUT2D eigenvalue weighted by Crippen LogP contribution is -2.44. The lowest BCUT2D eigenvalue weighted by molar-refractivity contribution is 0.0580. The first kappa shape index (κ1) is 13.0. The Morgan fingerprint density at radius 1 is 1.44 bits per heavy atom. The summed E-state index contributed by atoms with van der Waals surface area (Å²) in [7, 11) is 1.63. The number of benzene rings is 1. The van der Waals surface area contributed by atoms with Crippen molar-refractivity contribution >= 4 is 5.91 Å². The SMILES string of the molecule is Cc1cc(F)cc(C(=O)N(C)[C@H]2CNC[C@@H]2O)c1. The summed E-state index contributed by atoms with van der Waals surface area (Å²) in [6.45, 7) is 2.77. The first-order chi connectivity index (χ1) is 8.49. The van der Waals surface area contributed by atoms with Crippen molar-refractivity contribution in [1.82, 2.24) is 10.2 Å². The van der Waals surface area contributed by atoms with Crippen molar-refractivity contribution in [2.45, 2.75) is 19.1 Å². The fraction of sp³-hybridized carbons (Fsp3) is 0.462. The largest absolute Gasteiger partial charge is 0.390 e. The Balaban J connectivity index is 2.19. The second-order valence-electron chi connectivity index (χ2n) is 4.73. The minimum absolute atomic E-state index is 0.263. The molecule has 1 aliphatic rings. The van der Waals surface area contributed by atoms with Crippen LogP contribution in [0, 0.1) is 12.7 Å². The van der Waals surface area contributed by atoms with E-state index in [4.69, 9.17) is 0 Å². The van der Waals surface area contributed by atoms with Gasteiger partial charge in [-0.05, 0) is 30.7 Å². The molecule has 0 unspecified atom stereocenters. The Labute approximate surface area is 105 Å². The predicted molar refractivity (Wildman–Crippen MR) is 65.9 cm³/mol. The molecule has 18 heavy (non-hydrogen) atoms. The Hall–Kier alpha value is -1.46. The predicted octanol–water partition coefficient (Wildman–Crippen LogP) is 0.539. The monoisotopic (exact) mass is 252 g/mol. The van der Waals surface area contributed by atoms with Crippen LogP contribution in [0.15, 0.2) is 18.2 Å². The number of likely N-dealkylation sites (N-methyl/N-ethyl adjacent to an activating group) is 1. The smallest absolute Gasteiger partial charge is 0.254 e. The maximum atomic E-state index is 13.3. The van der Waals surface area contributed by atoms with Crippen LogP contribution in [0.2, 0.25) is 0 Å². The number of nitrogens with one attached hydrogen (secondary N) is 1. The van der Waals surface area contributed by atoms with E-state index >= 15 is 0 Å². The summed E-state index contributed by atoms with van der Waals surface area (Å²) in [5, 5.41) is 12.7. The Morgan fingerprint density at radius 3 is 2.72 bits per heavy atom. The zero-order chi connectivity index (χ0) is 13.3. The second-order valence-corrected chi connectivity index (χ2v) is 4.73. The first-order valence-electron chi connectivity index (χ1n) is 5.92. The summed E-state index contributed by atoms with van der Waals surface area (Å²) < 4.78 is 13.3. The van der Waals surface area contributed by atoms with Crippen LogP contribution in [0.1, 0.15) is 15.9 Å². The zero-order valence-electron chi connectivity index (χ0n) is 10.5. The average Bonchev–Trinajstić information content (AvgIpc) is 2.72. The van der Waals surface area contributed by atoms with Crippen molar-refractivity contribution in [2.75, 3.05) is 20.1 Å². The fourth-order valence-corrected chi connectivity index (χ4v) is 2.26. The summed E-state index contributed by atoms with van der Waals surface area (Å²) in [6.07, 6.45) is -0.575. The van der Waals surface area contributed by atoms with Crippen LogP contribution in [0.4, 0.5) is 4.39 Å². The molecule has 1 aliphatic heterocycles. The van der Waals surface area contributed by atoms with Crippen molar-refractivity contribution in [2.24, 2.45) is 0 Å². The molecule has 4 nitrogen and oxygen atoms in total. The van der Waals surface area contributed by atoms with Gasteiger partial charge in [-0.1, -0.05) is 0 Å². The van der Waals surface area contributed by atoms with Gasteiger partial charge in [-0.2, -0.15) is 0 Å². The number of aryl methyl sites for hydroxylation is 1. The maximum Gasteiger partial charge on any atom is 0.254 e. The summed E-state index contributed by atoms with van der Waals surface area (Å²) in [6, 6.07) is 3.99. The fourth-order valence-electron chi connectivity index (χ4n) is 2.26. The molecule has 2 rings (SSSR count). The Kier molecular flexibility index (Phi) is 3.63. The van der Waals surface area contributed by atoms with Gasteiger partial charge in [0.15, 0.2) is 0 Å². The molecule has 5 heteroatoms. The molecule has 0 radical (unpaired) electrons. The number of nitrogens with zero attached hydrogens (tertiary/aromatic N) is 1. The number of hydrogen-bond donors (Lipinski definition) is 2. The molecule has 0 saturated carbocycles. The van der Waals surface area contributed by atoms with Gasteiger partial charge in [0.2, 0.25) is 0 Å². The van der Waals surface area contributed by atoms with Crippen molar-refractivity contribution in [3.05, 3.63) is 35.1 Å². The highest BCUT2D eigenvalue weighted by Gasteiger charge is 2.31. The standard InChI is InChI=1S/C13H17FN2O2/c1-8-3-9(5-10(14)4-8)13(18)16(2)11-6-15-7-12(11)17/h3-5,11-12,15,17H,6-7H2,1-2H3/t11-,12-/m0/s1. The van der Waals surface area contributed by atoms with E-state index in [0.29, 0.717) is 24.2 Å². The molecule has 2 N–H and O–H groups in total. The minimum atomic E-state index is -0.575. The maximum absolute atomic E-state index is 13.3. The third-order valence-corrected chi connectivity index (χ3v) is 3.26. The van der Waals surface area contributed by atoms with Gasteiger partial charge in [0.25, 0.3) is 5.91 Å². The lowest BCUT2D eigenvalue weighted by atomic mass is 10.1. The van der Waals surface area contributed by atoms with Gasteiger partial charge in [0, 0.05) is 25.7 Å². The molecule has 1 saturated heterocycles. The van der Waals surface area contributed by atoms with Crippen LogP contribution >= 0.6 is 0 Å². The van der Waals surface area contributed by atoms with E-state index in [1.807, 2.05) is 0 Å². The minimum Gasteiger partial charge on any atom is -0.390 e. The number of β-amino-alcohol motifs (C(OH)–C–C–N with tert-alkyl or cyclic N) is 1. The molecule has 0 aliphatic carbocycles. The van der Waals surface area contributed by atoms with Gasteiger partial charge in [-0.15, -0.1) is 0 Å². The van der Waals surface area contributed by atoms with Gasteiger partial charge >= 0.3 is 0 Å². The molecule has 98 valence electrons. The number of carbonyl (C=O) groups is 1. The van der Waals surface area contributed by atoms with Crippen LogP contribution < -0.4 is 5.32 Å². The summed E-state index contributed by atoms with van der Waals surface area (Å²) in [4.78, 5) is 13.7. The summed E-state index contributed by atoms with van der Waals surface area (Å²) >= 11 is 0. The average molecular weight is 252 g/mol. The van der Waals surface area contributed by atoms with Crippen molar-refractivity contribution in [3.8, 4) is 0 Å². The number of rotatable bonds is 2. The molecule has 1 heterocycles. The quantitative estimate of drug-likeness (QED) is 0.807. The Morgan fingerprint density at radius 2 is 2.17 bits per heavy atom. The molecule has 0 bridgehead atoms. The molecule has 1 fully saturated rings. The first-order valence-corrected chi connectivity index (χ1v) is 5.92. The third-order valence-electron chi connectivity index (χ3n) is 3.26. The molecule has 1 aromatic rings. The van der Waals surface area contributed by atoms with Gasteiger partial charge in [-0.3, -0.25) is 4.79 Å². The molecule has 0 aromatic heterocycles. The zero-order valence-corrected chi connectivity index (χ0v) is 10.5. The van der Waals surface area contributed by atoms with Crippen LogP contribution in [0.3, 0.4) is 0 Å². The molecule has 0 spiro atoms. The Bertz CT molecular complexity index is 444. The number of aliphatic hydroxyl groups excluding tert-OH is 1. The number of aliphatic hydroxyl groups is 1. The second kappa shape index (κ2) is 5.04. The molecule has 2 atom stereocenters. The van der Waals surface area contributed by atoms with Crippen molar-refractivity contribution in [1.29, 1.82) is 0 Å². The van der Waals surface area contributed by atoms with Gasteiger partial charge < -0.3 is 15.3 Å². The molecule has 1 amide bonds.